The van der Waals surface area contributed by atoms with Crippen LogP contribution < -0.4 is 0 Å². The molecule has 0 radical (unpaired) electrons. The number of nitrogens with zero attached hydrogens (tertiary/aromatic N) is 2. The van der Waals surface area contributed by atoms with E-state index in [-0.39, 0.29) is 17.0 Å². The molecule has 1 aromatic heterocycles. The van der Waals surface area contributed by atoms with Crippen LogP contribution in [-0.4, -0.2) is 23.3 Å². The number of ether oxygens (including phenoxy) is 1. The first-order chi connectivity index (χ1) is 8.52. The Morgan fingerprint density at radius 1 is 1.32 bits per heavy atom. The Balaban J connectivity index is 2.73. The lowest BCUT2D eigenvalue weighted by Crippen LogP contribution is -2.21. The molecular formula is C10H15Br2F3N2OSi. The molecule has 0 aliphatic carbocycles. The normalized spacial score (nSPS) is 13.1. The van der Waals surface area contributed by atoms with Crippen LogP contribution in [0.15, 0.2) is 4.73 Å². The standard InChI is InChI=1S/C10H15Br2F3N2OSi/c1-19(2,3)5-4-18-6-7-8(10(13,14)15)16-9(11)17(7)12/h4-6H2,1-3H3. The minimum Gasteiger partial charge on any atom is -0.375 e. The number of hydrogen-bond acceptors (Lipinski definition) is 2. The highest BCUT2D eigenvalue weighted by atomic mass is 79.9. The van der Waals surface area contributed by atoms with Crippen molar-refractivity contribution in [2.45, 2.75) is 38.5 Å². The van der Waals surface area contributed by atoms with Crippen LogP contribution >= 0.6 is 32.1 Å². The largest absolute Gasteiger partial charge is 0.435 e. The van der Waals surface area contributed by atoms with Gasteiger partial charge in [-0.15, -0.1) is 0 Å². The molecule has 0 aromatic carbocycles. The second-order valence-electron chi connectivity index (χ2n) is 5.32. The van der Waals surface area contributed by atoms with Gasteiger partial charge in [0.1, 0.15) is 0 Å². The maximum Gasteiger partial charge on any atom is 0.435 e. The zero-order valence-corrected chi connectivity index (χ0v) is 15.0. The lowest BCUT2D eigenvalue weighted by atomic mass is 10.3. The third-order valence-corrected chi connectivity index (χ3v) is 5.86. The molecule has 0 amide bonds. The average molecular weight is 424 g/mol. The lowest BCUT2D eigenvalue weighted by Gasteiger charge is -2.15. The number of aromatic nitrogens is 2. The number of rotatable bonds is 5. The summed E-state index contributed by atoms with van der Waals surface area (Å²) in [6, 6.07) is 0.909. The molecule has 19 heavy (non-hydrogen) atoms. The molecule has 0 aliphatic heterocycles. The number of hydrogen-bond donors (Lipinski definition) is 0. The van der Waals surface area contributed by atoms with E-state index >= 15 is 0 Å². The van der Waals surface area contributed by atoms with Crippen molar-refractivity contribution in [1.82, 2.24) is 8.58 Å². The summed E-state index contributed by atoms with van der Waals surface area (Å²) in [5, 5.41) is 0. The first-order valence-corrected chi connectivity index (χ1v) is 10.8. The molecule has 0 aliphatic rings. The highest BCUT2D eigenvalue weighted by Gasteiger charge is 2.38. The Labute approximate surface area is 128 Å². The van der Waals surface area contributed by atoms with Gasteiger partial charge in [0.2, 0.25) is 0 Å². The maximum absolute atomic E-state index is 12.8. The van der Waals surface area contributed by atoms with Crippen molar-refractivity contribution >= 4 is 40.2 Å². The van der Waals surface area contributed by atoms with Crippen LogP contribution in [0.25, 0.3) is 0 Å². The zero-order valence-electron chi connectivity index (χ0n) is 10.8. The van der Waals surface area contributed by atoms with E-state index in [1.807, 2.05) is 0 Å². The smallest absolute Gasteiger partial charge is 0.375 e. The fourth-order valence-electron chi connectivity index (χ4n) is 1.30. The minimum atomic E-state index is -4.49. The second kappa shape index (κ2) is 6.27. The quantitative estimate of drug-likeness (QED) is 0.507. The van der Waals surface area contributed by atoms with Gasteiger partial charge in [0.15, 0.2) is 10.4 Å². The third-order valence-electron chi connectivity index (χ3n) is 2.38. The fraction of sp³-hybridized carbons (Fsp3) is 0.700. The first-order valence-electron chi connectivity index (χ1n) is 5.60. The molecule has 0 fully saturated rings. The molecule has 1 heterocycles. The van der Waals surface area contributed by atoms with Crippen LogP contribution in [0.5, 0.6) is 0 Å². The van der Waals surface area contributed by atoms with Crippen molar-refractivity contribution in [1.29, 1.82) is 0 Å². The van der Waals surface area contributed by atoms with E-state index in [4.69, 9.17) is 4.74 Å². The van der Waals surface area contributed by atoms with Gasteiger partial charge < -0.3 is 4.74 Å². The van der Waals surface area contributed by atoms with E-state index in [9.17, 15) is 13.2 Å². The highest BCUT2D eigenvalue weighted by molar-refractivity contribution is 9.11. The number of halogens is 5. The molecule has 0 spiro atoms. The van der Waals surface area contributed by atoms with E-state index in [0.29, 0.717) is 6.61 Å². The van der Waals surface area contributed by atoms with E-state index < -0.39 is 19.9 Å². The molecule has 0 saturated heterocycles. The number of imidazole rings is 1. The molecule has 1 aromatic rings. The molecule has 3 nitrogen and oxygen atoms in total. The summed E-state index contributed by atoms with van der Waals surface area (Å²) in [7, 11) is -1.24. The van der Waals surface area contributed by atoms with Gasteiger partial charge in [-0.25, -0.2) is 4.98 Å². The van der Waals surface area contributed by atoms with Crippen molar-refractivity contribution in [2.24, 2.45) is 0 Å². The molecule has 0 saturated carbocycles. The van der Waals surface area contributed by atoms with Crippen molar-refractivity contribution < 1.29 is 17.9 Å². The van der Waals surface area contributed by atoms with Gasteiger partial charge in [-0.3, -0.25) is 3.59 Å². The van der Waals surface area contributed by atoms with Crippen LogP contribution in [-0.2, 0) is 17.5 Å². The SMILES string of the molecule is C[Si](C)(C)CCOCc1c(C(F)(F)F)nc(Br)n1Br. The summed E-state index contributed by atoms with van der Waals surface area (Å²) >= 11 is 5.98. The van der Waals surface area contributed by atoms with Gasteiger partial charge in [0.25, 0.3) is 0 Å². The van der Waals surface area contributed by atoms with Gasteiger partial charge >= 0.3 is 6.18 Å². The van der Waals surface area contributed by atoms with E-state index in [0.717, 1.165) is 6.04 Å². The fourth-order valence-corrected chi connectivity index (χ4v) is 2.80. The summed E-state index contributed by atoms with van der Waals surface area (Å²) in [5.41, 5.74) is -0.959. The van der Waals surface area contributed by atoms with Crippen LogP contribution in [0.2, 0.25) is 25.7 Å². The lowest BCUT2D eigenvalue weighted by molar-refractivity contribution is -0.142. The van der Waals surface area contributed by atoms with Crippen LogP contribution in [0.3, 0.4) is 0 Å². The van der Waals surface area contributed by atoms with E-state index in [1.165, 1.54) is 3.59 Å². The molecule has 0 unspecified atom stereocenters. The summed E-state index contributed by atoms with van der Waals surface area (Å²) in [6.07, 6.45) is -4.49. The van der Waals surface area contributed by atoms with Crippen molar-refractivity contribution in [3.63, 3.8) is 0 Å². The van der Waals surface area contributed by atoms with Crippen molar-refractivity contribution in [2.75, 3.05) is 6.61 Å². The van der Waals surface area contributed by atoms with Crippen LogP contribution in [0, 0.1) is 0 Å². The molecule has 0 atom stereocenters. The Kier molecular flexibility index (Phi) is 5.68. The van der Waals surface area contributed by atoms with Gasteiger partial charge in [-0.2, -0.15) is 13.2 Å². The summed E-state index contributed by atoms with van der Waals surface area (Å²) in [4.78, 5) is 3.45. The highest BCUT2D eigenvalue weighted by Crippen LogP contribution is 2.34. The van der Waals surface area contributed by atoms with Crippen LogP contribution in [0.4, 0.5) is 13.2 Å². The van der Waals surface area contributed by atoms with Gasteiger partial charge in [-0.05, 0) is 22.0 Å². The molecule has 1 rings (SSSR count). The third kappa shape index (κ3) is 5.20. The molecule has 0 bridgehead atoms. The van der Waals surface area contributed by atoms with Gasteiger partial charge in [0, 0.05) is 14.7 Å². The Hall–Kier alpha value is 0.137. The molecule has 9 heteroatoms. The monoisotopic (exact) mass is 422 g/mol. The van der Waals surface area contributed by atoms with E-state index in [2.05, 4.69) is 56.7 Å². The molecular weight excluding hydrogens is 409 g/mol. The van der Waals surface area contributed by atoms with Crippen LogP contribution in [0.1, 0.15) is 11.4 Å². The van der Waals surface area contributed by atoms with E-state index in [1.54, 1.807) is 0 Å². The topological polar surface area (TPSA) is 27.1 Å². The molecule has 110 valence electrons. The minimum absolute atomic E-state index is 0.0325. The number of alkyl halides is 3. The maximum atomic E-state index is 12.8. The summed E-state index contributed by atoms with van der Waals surface area (Å²) in [5.74, 6) is 0. The van der Waals surface area contributed by atoms with Crippen molar-refractivity contribution in [3.05, 3.63) is 16.1 Å². The predicted molar refractivity (Wildman–Crippen MR) is 77.1 cm³/mol. The Morgan fingerprint density at radius 2 is 1.89 bits per heavy atom. The summed E-state index contributed by atoms with van der Waals surface area (Å²) in [6.45, 7) is 6.89. The molecule has 0 N–H and O–H groups in total. The average Bonchev–Trinajstić information content (AvgIpc) is 2.50. The van der Waals surface area contributed by atoms with Gasteiger partial charge in [0.05, 0.1) is 28.4 Å². The predicted octanol–water partition coefficient (Wildman–Crippen LogP) is 4.68. The first kappa shape index (κ1) is 17.2. The zero-order chi connectivity index (χ0) is 14.8. The van der Waals surface area contributed by atoms with Gasteiger partial charge in [-0.1, -0.05) is 19.6 Å². The second-order valence-corrected chi connectivity index (χ2v) is 12.4. The Morgan fingerprint density at radius 3 is 2.37 bits per heavy atom. The summed E-state index contributed by atoms with van der Waals surface area (Å²) < 4.78 is 44.9. The Bertz CT molecular complexity index is 443. The van der Waals surface area contributed by atoms with Crippen molar-refractivity contribution in [3.8, 4) is 0 Å².